The number of aromatic amines is 1. The van der Waals surface area contributed by atoms with Gasteiger partial charge < -0.3 is 9.47 Å². The Morgan fingerprint density at radius 2 is 1.68 bits per heavy atom. The fraction of sp³-hybridized carbons (Fsp3) is 0.812. The molecular formula is C32H48ClCrNO6. The quantitative estimate of drug-likeness (QED) is 0.361. The maximum atomic E-state index is 12.2. The van der Waals surface area contributed by atoms with Crippen molar-refractivity contribution in [1.29, 1.82) is 0 Å². The summed E-state index contributed by atoms with van der Waals surface area (Å²) >= 11 is -5.03. The van der Waals surface area contributed by atoms with Crippen LogP contribution in [0.5, 0.6) is 0 Å². The second-order valence-corrected chi connectivity index (χ2v) is 17.2. The predicted octanol–water partition coefficient (Wildman–Crippen LogP) is 5.76. The number of carbonyl (C=O) groups is 1. The van der Waals surface area contributed by atoms with Crippen LogP contribution in [0.1, 0.15) is 91.9 Å². The van der Waals surface area contributed by atoms with Crippen molar-refractivity contribution in [2.45, 2.75) is 104 Å². The first-order chi connectivity index (χ1) is 19.3. The molecular weight excluding hydrogens is 582 g/mol. The zero-order valence-electron chi connectivity index (χ0n) is 25.0. The maximum Gasteiger partial charge on any atom is 0.166 e. The van der Waals surface area contributed by atoms with E-state index in [2.05, 4.69) is 42.7 Å². The Labute approximate surface area is 251 Å². The van der Waals surface area contributed by atoms with Crippen LogP contribution >= 0.6 is 10.0 Å². The van der Waals surface area contributed by atoms with Crippen LogP contribution in [0.3, 0.4) is 0 Å². The first-order valence-electron chi connectivity index (χ1n) is 15.7. The van der Waals surface area contributed by atoms with Crippen LogP contribution in [0.4, 0.5) is 0 Å². The molecule has 9 heteroatoms. The summed E-state index contributed by atoms with van der Waals surface area (Å²) in [6.07, 6.45) is 16.0. The van der Waals surface area contributed by atoms with E-state index < -0.39 is 12.4 Å². The van der Waals surface area contributed by atoms with E-state index >= 15 is 0 Å². The van der Waals surface area contributed by atoms with Gasteiger partial charge in [0.05, 0.1) is 12.7 Å². The fourth-order valence-electron chi connectivity index (χ4n) is 10.4. The van der Waals surface area contributed by atoms with Crippen LogP contribution in [-0.2, 0) is 34.2 Å². The Bertz CT molecular complexity index is 1140. The number of rotatable bonds is 0. The number of ether oxygens (including phenoxy) is 2. The standard InChI is InChI=1S/C27H42O3.C5H5N.ClH.Cr.3O/c1-16-7-12-27(29-15-16)17(2)24-23(30-27)14-22-20-6-5-18-13-19(28)8-10-25(18,3)21(20)9-11-26(22,24)4;1-2-4-6-5-3-1;;;;;/h16-18,20-24H,5-15H2,1-4H3;1-5H;1H;;;;/q;;;+1;;;-1/t16-,17+,18+,20-,21+,22+,23+,24+,25+,26+,27-;;;;;;/m1....../s1. The van der Waals surface area contributed by atoms with E-state index in [1.807, 2.05) is 30.6 Å². The summed E-state index contributed by atoms with van der Waals surface area (Å²) in [6, 6.07) is 5.86. The van der Waals surface area contributed by atoms with Gasteiger partial charge in [-0.1, -0.05) is 33.8 Å². The van der Waals surface area contributed by atoms with Gasteiger partial charge in [-0.05, 0) is 91.3 Å². The van der Waals surface area contributed by atoms with Gasteiger partial charge in [0, 0.05) is 37.3 Å². The Balaban J connectivity index is 0.000000260. The van der Waals surface area contributed by atoms with Crippen molar-refractivity contribution in [3.63, 3.8) is 0 Å². The van der Waals surface area contributed by atoms with E-state index in [1.165, 1.54) is 38.5 Å². The minimum Gasteiger partial charge on any atom is -0.218 e. The molecule has 4 aliphatic carbocycles. The van der Waals surface area contributed by atoms with Gasteiger partial charge in [-0.3, -0.25) is 4.79 Å². The summed E-state index contributed by atoms with van der Waals surface area (Å²) in [5.74, 6) is 5.23. The number of halogens is 1. The molecule has 7 nitrogen and oxygen atoms in total. The average molecular weight is 630 g/mol. The summed E-state index contributed by atoms with van der Waals surface area (Å²) in [6.45, 7) is 10.8. The monoisotopic (exact) mass is 629 g/mol. The molecule has 2 saturated heterocycles. The molecule has 1 spiro atoms. The third-order valence-electron chi connectivity index (χ3n) is 12.4. The molecule has 1 aromatic rings. The SMILES string of the molecule is C[C@@H]1CC[C@@]2(OC1)O[C@H]1C[C@H]3[C@@H]4CC[C@H]5CC(=O)CC[C@]5(C)[C@H]4CC[C@]3(C)[C@H]1[C@@H]2C.[O]=[Cr](=[O])([O-])[Cl].c1cc[nH+]cc1. The van der Waals surface area contributed by atoms with Crippen molar-refractivity contribution in [2.24, 2.45) is 52.3 Å². The summed E-state index contributed by atoms with van der Waals surface area (Å²) in [5.41, 5.74) is 0.820. The number of hydrogen-bond acceptors (Lipinski definition) is 6. The van der Waals surface area contributed by atoms with Gasteiger partial charge in [-0.25, -0.2) is 4.98 Å². The number of nitrogens with one attached hydrogen (secondary N) is 1. The molecule has 4 saturated carbocycles. The van der Waals surface area contributed by atoms with Crippen LogP contribution in [0.25, 0.3) is 0 Å². The van der Waals surface area contributed by atoms with E-state index in [9.17, 15) is 4.79 Å². The first-order valence-corrected chi connectivity index (χ1v) is 19.0. The molecule has 230 valence electrons. The Kier molecular flexibility index (Phi) is 9.16. The molecule has 7 rings (SSSR count). The molecule has 3 heterocycles. The van der Waals surface area contributed by atoms with Crippen molar-refractivity contribution < 1.29 is 43.4 Å². The maximum absolute atomic E-state index is 12.2. The van der Waals surface area contributed by atoms with Gasteiger partial charge in [0.2, 0.25) is 0 Å². The van der Waals surface area contributed by atoms with E-state index in [4.69, 9.17) is 21.2 Å². The molecule has 0 aromatic carbocycles. The number of Topliss-reactive ketones (excluding diaryl/α,β-unsaturated/α-hetero) is 1. The van der Waals surface area contributed by atoms with E-state index in [0.717, 1.165) is 50.0 Å². The number of ketones is 1. The molecule has 0 unspecified atom stereocenters. The number of H-pyrrole nitrogens is 1. The predicted molar refractivity (Wildman–Crippen MR) is 147 cm³/mol. The number of carbonyl (C=O) groups excluding carboxylic acids is 1. The molecule has 0 radical (unpaired) electrons. The number of fused-ring (bicyclic) bond motifs is 7. The van der Waals surface area contributed by atoms with Gasteiger partial charge >= 0.3 is 34.2 Å². The van der Waals surface area contributed by atoms with Crippen LogP contribution < -0.4 is 9.14 Å². The van der Waals surface area contributed by atoms with Gasteiger partial charge in [-0.2, -0.15) is 0 Å². The zero-order valence-corrected chi connectivity index (χ0v) is 27.1. The smallest absolute Gasteiger partial charge is 0.166 e. The normalized spacial score (nSPS) is 46.5. The van der Waals surface area contributed by atoms with E-state index in [0.29, 0.717) is 46.4 Å². The summed E-state index contributed by atoms with van der Waals surface area (Å²) in [5, 5.41) is 0. The van der Waals surface area contributed by atoms with Gasteiger partial charge in [0.15, 0.2) is 18.2 Å². The topological polar surface area (TPSA) is 107 Å². The Morgan fingerprint density at radius 1 is 0.976 bits per heavy atom. The molecule has 2 aliphatic heterocycles. The molecule has 0 amide bonds. The van der Waals surface area contributed by atoms with Gasteiger partial charge in [0.1, 0.15) is 5.78 Å². The number of hydrogen-bond donors (Lipinski definition) is 0. The fourth-order valence-corrected chi connectivity index (χ4v) is 10.4. The van der Waals surface area contributed by atoms with E-state index in [1.54, 1.807) is 0 Å². The molecule has 0 bridgehead atoms. The summed E-state index contributed by atoms with van der Waals surface area (Å²) in [7, 11) is 4.02. The van der Waals surface area contributed by atoms with Crippen LogP contribution in [-0.4, -0.2) is 24.3 Å². The molecule has 1 aromatic heterocycles. The van der Waals surface area contributed by atoms with Crippen LogP contribution in [0, 0.1) is 52.3 Å². The summed E-state index contributed by atoms with van der Waals surface area (Å²) < 4.78 is 40.1. The molecule has 6 fully saturated rings. The second kappa shape index (κ2) is 11.9. The van der Waals surface area contributed by atoms with Crippen molar-refractivity contribution in [1.82, 2.24) is 0 Å². The Hall–Kier alpha value is -0.878. The molecule has 11 atom stereocenters. The van der Waals surface area contributed by atoms with Gasteiger partial charge in [0.25, 0.3) is 0 Å². The molecule has 41 heavy (non-hydrogen) atoms. The van der Waals surface area contributed by atoms with E-state index in [-0.39, 0.29) is 5.79 Å². The number of pyridine rings is 1. The second-order valence-electron chi connectivity index (χ2n) is 14.4. The first kappa shape index (κ1) is 31.5. The van der Waals surface area contributed by atoms with Crippen molar-refractivity contribution in [2.75, 3.05) is 6.61 Å². The molecule has 1 N–H and O–H groups in total. The van der Waals surface area contributed by atoms with Crippen molar-refractivity contribution in [3.05, 3.63) is 30.6 Å². The van der Waals surface area contributed by atoms with Gasteiger partial charge in [-0.15, -0.1) is 0 Å². The zero-order chi connectivity index (χ0) is 29.6. The van der Waals surface area contributed by atoms with Crippen molar-refractivity contribution in [3.8, 4) is 0 Å². The molecule has 6 aliphatic rings. The van der Waals surface area contributed by atoms with Crippen LogP contribution in [0.15, 0.2) is 30.6 Å². The average Bonchev–Trinajstić information content (AvgIpc) is 3.36. The Morgan fingerprint density at radius 3 is 2.27 bits per heavy atom. The van der Waals surface area contributed by atoms with Crippen LogP contribution in [0.2, 0.25) is 0 Å². The minimum absolute atomic E-state index is 0.292. The summed E-state index contributed by atoms with van der Waals surface area (Å²) in [4.78, 5) is 15.1. The number of aromatic nitrogens is 1. The minimum atomic E-state index is -5.03. The largest absolute Gasteiger partial charge is 0.218 e. The third kappa shape index (κ3) is 6.22. The van der Waals surface area contributed by atoms with Crippen molar-refractivity contribution >= 4 is 15.8 Å². The third-order valence-corrected chi connectivity index (χ3v) is 12.4.